The summed E-state index contributed by atoms with van der Waals surface area (Å²) >= 11 is 12.1. The quantitative estimate of drug-likeness (QED) is 0.443. The Labute approximate surface area is 171 Å². The van der Waals surface area contributed by atoms with Crippen LogP contribution >= 0.6 is 23.2 Å². The third-order valence-corrected chi connectivity index (χ3v) is 4.61. The molecule has 2 aromatic carbocycles. The molecule has 0 aliphatic carbocycles. The highest BCUT2D eigenvalue weighted by molar-refractivity contribution is 6.36. The first kappa shape index (κ1) is 18.3. The second-order valence-electron chi connectivity index (χ2n) is 6.07. The normalized spacial score (nSPS) is 10.8. The van der Waals surface area contributed by atoms with Gasteiger partial charge in [0, 0.05) is 16.1 Å². The van der Waals surface area contributed by atoms with Crippen molar-refractivity contribution in [3.8, 4) is 11.6 Å². The minimum atomic E-state index is 0.221. The van der Waals surface area contributed by atoms with Crippen LogP contribution in [-0.2, 0) is 0 Å². The number of aromatic nitrogens is 3. The van der Waals surface area contributed by atoms with Gasteiger partial charge in [-0.25, -0.2) is 9.97 Å². The smallest absolute Gasteiger partial charge is 0.248 e. The molecule has 0 atom stereocenters. The first-order valence-corrected chi connectivity index (χ1v) is 9.13. The molecule has 0 radical (unpaired) electrons. The third kappa shape index (κ3) is 3.65. The molecule has 0 aliphatic rings. The van der Waals surface area contributed by atoms with Crippen molar-refractivity contribution < 1.29 is 4.74 Å². The predicted octanol–water partition coefficient (Wildman–Crippen LogP) is 5.76. The van der Waals surface area contributed by atoms with Gasteiger partial charge in [-0.1, -0.05) is 41.4 Å². The van der Waals surface area contributed by atoms with Gasteiger partial charge in [-0.05, 0) is 37.3 Å². The molecule has 140 valence electrons. The van der Waals surface area contributed by atoms with Gasteiger partial charge in [0.25, 0.3) is 0 Å². The molecule has 4 rings (SSSR count). The number of ether oxygens (including phenoxy) is 1. The van der Waals surface area contributed by atoms with Crippen molar-refractivity contribution in [2.45, 2.75) is 6.92 Å². The summed E-state index contributed by atoms with van der Waals surface area (Å²) in [6, 6.07) is 14.7. The first-order chi connectivity index (χ1) is 13.5. The van der Waals surface area contributed by atoms with Crippen LogP contribution in [0.2, 0.25) is 10.0 Å². The molecule has 3 N–H and O–H groups in total. The zero-order valence-electron chi connectivity index (χ0n) is 14.8. The number of hydrogen-bond donors (Lipinski definition) is 2. The van der Waals surface area contributed by atoms with E-state index in [1.807, 2.05) is 37.3 Å². The van der Waals surface area contributed by atoms with E-state index in [1.54, 1.807) is 18.2 Å². The molecule has 28 heavy (non-hydrogen) atoms. The Bertz CT molecular complexity index is 1180. The van der Waals surface area contributed by atoms with E-state index in [9.17, 15) is 0 Å². The summed E-state index contributed by atoms with van der Waals surface area (Å²) in [4.78, 5) is 12.9. The third-order valence-electron chi connectivity index (χ3n) is 4.06. The number of benzene rings is 2. The van der Waals surface area contributed by atoms with Crippen molar-refractivity contribution in [2.75, 3.05) is 11.1 Å². The minimum absolute atomic E-state index is 0.221. The Morgan fingerprint density at radius 3 is 2.71 bits per heavy atom. The van der Waals surface area contributed by atoms with Gasteiger partial charge in [0.05, 0.1) is 10.7 Å². The van der Waals surface area contributed by atoms with E-state index in [1.165, 1.54) is 6.33 Å². The van der Waals surface area contributed by atoms with E-state index in [0.29, 0.717) is 27.3 Å². The molecule has 0 fully saturated rings. The maximum Gasteiger partial charge on any atom is 0.248 e. The second kappa shape index (κ2) is 7.50. The number of fused-ring (bicyclic) bond motifs is 1. The Hall–Kier alpha value is -3.09. The number of nitrogen functional groups attached to an aromatic ring is 1. The van der Waals surface area contributed by atoms with Crippen molar-refractivity contribution in [3.63, 3.8) is 0 Å². The van der Waals surface area contributed by atoms with Crippen LogP contribution < -0.4 is 15.8 Å². The number of para-hydroxylation sites is 1. The zero-order chi connectivity index (χ0) is 19.7. The summed E-state index contributed by atoms with van der Waals surface area (Å²) in [5.74, 6) is 1.15. The van der Waals surface area contributed by atoms with Crippen LogP contribution in [0, 0.1) is 6.92 Å². The van der Waals surface area contributed by atoms with Gasteiger partial charge in [-0.3, -0.25) is 0 Å². The molecule has 2 aromatic heterocycles. The van der Waals surface area contributed by atoms with E-state index in [4.69, 9.17) is 33.7 Å². The van der Waals surface area contributed by atoms with E-state index in [2.05, 4.69) is 20.3 Å². The van der Waals surface area contributed by atoms with Gasteiger partial charge in [0.2, 0.25) is 5.88 Å². The summed E-state index contributed by atoms with van der Waals surface area (Å²) in [5.41, 5.74) is 8.71. The van der Waals surface area contributed by atoms with Crippen LogP contribution in [0.5, 0.6) is 11.6 Å². The lowest BCUT2D eigenvalue weighted by atomic mass is 10.2. The molecule has 0 saturated carbocycles. The molecule has 0 unspecified atom stereocenters. The van der Waals surface area contributed by atoms with E-state index in [-0.39, 0.29) is 11.6 Å². The van der Waals surface area contributed by atoms with E-state index in [0.717, 1.165) is 16.6 Å². The average molecular weight is 412 g/mol. The second-order valence-corrected chi connectivity index (χ2v) is 6.92. The number of aryl methyl sites for hydroxylation is 1. The number of rotatable bonds is 4. The maximum atomic E-state index is 6.23. The van der Waals surface area contributed by atoms with Crippen molar-refractivity contribution >= 4 is 51.3 Å². The number of anilines is 3. The fourth-order valence-electron chi connectivity index (χ4n) is 2.68. The van der Waals surface area contributed by atoms with Gasteiger partial charge >= 0.3 is 0 Å². The Balaban J connectivity index is 1.69. The topological polar surface area (TPSA) is 86.0 Å². The summed E-state index contributed by atoms with van der Waals surface area (Å²) < 4.78 is 5.97. The number of nitrogens with zero attached hydrogens (tertiary/aromatic N) is 3. The molecule has 0 aliphatic heterocycles. The van der Waals surface area contributed by atoms with Crippen LogP contribution in [0.25, 0.3) is 10.9 Å². The minimum Gasteiger partial charge on any atom is -0.435 e. The van der Waals surface area contributed by atoms with Gasteiger partial charge in [-0.2, -0.15) is 4.98 Å². The monoisotopic (exact) mass is 411 g/mol. The van der Waals surface area contributed by atoms with Crippen LogP contribution in [0.1, 0.15) is 5.69 Å². The summed E-state index contributed by atoms with van der Waals surface area (Å²) in [7, 11) is 0. The lowest BCUT2D eigenvalue weighted by Gasteiger charge is -2.13. The predicted molar refractivity (Wildman–Crippen MR) is 113 cm³/mol. The average Bonchev–Trinajstić information content (AvgIpc) is 2.67. The summed E-state index contributed by atoms with van der Waals surface area (Å²) in [6.45, 7) is 1.92. The van der Waals surface area contributed by atoms with Gasteiger partial charge in [0.1, 0.15) is 17.5 Å². The largest absolute Gasteiger partial charge is 0.435 e. The molecular formula is C20H15Cl2N5O. The van der Waals surface area contributed by atoms with Crippen LogP contribution in [0.3, 0.4) is 0 Å². The first-order valence-electron chi connectivity index (χ1n) is 8.38. The van der Waals surface area contributed by atoms with Crippen molar-refractivity contribution in [2.24, 2.45) is 0 Å². The number of nitrogens with two attached hydrogens (primary N) is 1. The summed E-state index contributed by atoms with van der Waals surface area (Å²) in [6.07, 6.45) is 1.36. The Morgan fingerprint density at radius 1 is 1.04 bits per heavy atom. The molecule has 0 spiro atoms. The van der Waals surface area contributed by atoms with Crippen molar-refractivity contribution in [1.82, 2.24) is 15.0 Å². The highest BCUT2D eigenvalue weighted by Crippen LogP contribution is 2.35. The van der Waals surface area contributed by atoms with Gasteiger partial charge in [-0.15, -0.1) is 0 Å². The lowest BCUT2D eigenvalue weighted by molar-refractivity contribution is 0.469. The van der Waals surface area contributed by atoms with Crippen LogP contribution in [0.15, 0.2) is 54.9 Å². The zero-order valence-corrected chi connectivity index (χ0v) is 16.3. The SMILES string of the molecule is Cc1ccc2cccc(Oc3ncnc(Nc4ccc(Cl)cc4Cl)c3N)c2n1. The van der Waals surface area contributed by atoms with Crippen LogP contribution in [-0.4, -0.2) is 15.0 Å². The Kier molecular flexibility index (Phi) is 4.90. The number of pyridine rings is 1. The number of halogens is 2. The highest BCUT2D eigenvalue weighted by Gasteiger charge is 2.14. The molecule has 6 nitrogen and oxygen atoms in total. The Morgan fingerprint density at radius 2 is 1.89 bits per heavy atom. The molecule has 0 saturated heterocycles. The van der Waals surface area contributed by atoms with Gasteiger partial charge in [0.15, 0.2) is 11.6 Å². The summed E-state index contributed by atoms with van der Waals surface area (Å²) in [5, 5.41) is 5.02. The molecule has 2 heterocycles. The van der Waals surface area contributed by atoms with E-state index >= 15 is 0 Å². The fourth-order valence-corrected chi connectivity index (χ4v) is 3.14. The molecule has 0 bridgehead atoms. The standard InChI is InChI=1S/C20H15Cl2N5O/c1-11-5-6-12-3-2-4-16(18(12)26-11)28-20-17(23)19(24-10-25-20)27-15-8-7-13(21)9-14(15)22/h2-10H,23H2,1H3,(H,24,25,27). The molecule has 4 aromatic rings. The van der Waals surface area contributed by atoms with Crippen LogP contribution in [0.4, 0.5) is 17.2 Å². The molecule has 8 heteroatoms. The van der Waals surface area contributed by atoms with E-state index < -0.39 is 0 Å². The lowest BCUT2D eigenvalue weighted by Crippen LogP contribution is -2.03. The van der Waals surface area contributed by atoms with Crippen molar-refractivity contribution in [1.29, 1.82) is 0 Å². The van der Waals surface area contributed by atoms with Crippen molar-refractivity contribution in [3.05, 3.63) is 70.6 Å². The number of nitrogens with one attached hydrogen (secondary N) is 1. The van der Waals surface area contributed by atoms with Gasteiger partial charge < -0.3 is 15.8 Å². The maximum absolute atomic E-state index is 6.23. The highest BCUT2D eigenvalue weighted by atomic mass is 35.5. The number of hydrogen-bond acceptors (Lipinski definition) is 6. The molecule has 0 amide bonds. The molecular weight excluding hydrogens is 397 g/mol. The fraction of sp³-hybridized carbons (Fsp3) is 0.0500.